The summed E-state index contributed by atoms with van der Waals surface area (Å²) in [4.78, 5) is 24.3. The minimum atomic E-state index is -0.434. The zero-order valence-electron chi connectivity index (χ0n) is 12.2. The van der Waals surface area contributed by atoms with E-state index in [1.807, 2.05) is 4.90 Å². The number of likely N-dealkylation sites (tertiary alicyclic amines) is 1. The molecule has 0 atom stereocenters. The molecule has 1 aromatic rings. The van der Waals surface area contributed by atoms with Crippen molar-refractivity contribution in [3.05, 3.63) is 34.4 Å². The van der Waals surface area contributed by atoms with E-state index in [0.29, 0.717) is 31.7 Å². The third kappa shape index (κ3) is 4.85. The zero-order chi connectivity index (χ0) is 15.2. The first-order valence-corrected chi connectivity index (χ1v) is 7.08. The molecule has 1 aromatic carbocycles. The topological polar surface area (TPSA) is 102 Å². The summed E-state index contributed by atoms with van der Waals surface area (Å²) in [7, 11) is 0. The second kappa shape index (κ2) is 8.55. The molecule has 1 heterocycles. The maximum atomic E-state index is 12.0. The van der Waals surface area contributed by atoms with Crippen LogP contribution in [-0.2, 0) is 4.79 Å². The van der Waals surface area contributed by atoms with E-state index in [4.69, 9.17) is 5.73 Å². The summed E-state index contributed by atoms with van der Waals surface area (Å²) < 4.78 is 0. The molecule has 1 aliphatic heterocycles. The van der Waals surface area contributed by atoms with Gasteiger partial charge in [-0.1, -0.05) is 12.1 Å². The van der Waals surface area contributed by atoms with Crippen LogP contribution in [0.3, 0.4) is 0 Å². The Bertz CT molecular complexity index is 519. The number of carbonyl (C=O) groups excluding carboxylic acids is 1. The summed E-state index contributed by atoms with van der Waals surface area (Å²) in [6.07, 6.45) is 1.99. The lowest BCUT2D eigenvalue weighted by molar-refractivity contribution is -0.384. The first-order chi connectivity index (χ1) is 10.1. The molecule has 122 valence electrons. The van der Waals surface area contributed by atoms with Gasteiger partial charge in [0.1, 0.15) is 5.69 Å². The van der Waals surface area contributed by atoms with Gasteiger partial charge < -0.3 is 16.0 Å². The average molecular weight is 329 g/mol. The summed E-state index contributed by atoms with van der Waals surface area (Å²) in [6.45, 7) is 1.78. The molecule has 3 N–H and O–H groups in total. The molecule has 22 heavy (non-hydrogen) atoms. The standard InChI is InChI=1S/C14H20N4O3.ClH/c15-11-6-9-17(10-7-11)14(19)5-8-16-12-3-1-2-4-13(12)18(20)21;/h1-4,11,16H,5-10,15H2;1H. The van der Waals surface area contributed by atoms with Crippen molar-refractivity contribution in [1.82, 2.24) is 4.90 Å². The molecule has 0 aliphatic carbocycles. The molecular weight excluding hydrogens is 308 g/mol. The van der Waals surface area contributed by atoms with Crippen LogP contribution in [0.2, 0.25) is 0 Å². The Hall–Kier alpha value is -1.86. The van der Waals surface area contributed by atoms with Crippen LogP contribution in [0.5, 0.6) is 0 Å². The largest absolute Gasteiger partial charge is 0.379 e. The van der Waals surface area contributed by atoms with E-state index in [9.17, 15) is 14.9 Å². The Kier molecular flexibility index (Phi) is 7.07. The third-order valence-corrected chi connectivity index (χ3v) is 3.65. The van der Waals surface area contributed by atoms with E-state index < -0.39 is 4.92 Å². The number of nitro groups is 1. The van der Waals surface area contributed by atoms with E-state index in [-0.39, 0.29) is 30.0 Å². The minimum absolute atomic E-state index is 0. The Balaban J connectivity index is 0.00000242. The monoisotopic (exact) mass is 328 g/mol. The van der Waals surface area contributed by atoms with E-state index in [2.05, 4.69) is 5.32 Å². The Morgan fingerprint density at radius 2 is 2.00 bits per heavy atom. The van der Waals surface area contributed by atoms with Gasteiger partial charge in [0.2, 0.25) is 5.91 Å². The normalized spacial score (nSPS) is 15.0. The lowest BCUT2D eigenvalue weighted by Gasteiger charge is -2.30. The fraction of sp³-hybridized carbons (Fsp3) is 0.500. The summed E-state index contributed by atoms with van der Waals surface area (Å²) in [5, 5.41) is 13.8. The number of hydrogen-bond donors (Lipinski definition) is 2. The molecule has 1 amide bonds. The van der Waals surface area contributed by atoms with Gasteiger partial charge in [-0.15, -0.1) is 12.4 Å². The van der Waals surface area contributed by atoms with Crippen molar-refractivity contribution < 1.29 is 9.72 Å². The number of piperidine rings is 1. The second-order valence-electron chi connectivity index (χ2n) is 5.17. The highest BCUT2D eigenvalue weighted by molar-refractivity contribution is 5.85. The number of carbonyl (C=O) groups is 1. The lowest BCUT2D eigenvalue weighted by atomic mass is 10.1. The average Bonchev–Trinajstić information content (AvgIpc) is 2.48. The van der Waals surface area contributed by atoms with Gasteiger partial charge in [0.25, 0.3) is 5.69 Å². The molecule has 0 bridgehead atoms. The van der Waals surface area contributed by atoms with Crippen LogP contribution in [0.1, 0.15) is 19.3 Å². The fourth-order valence-corrected chi connectivity index (χ4v) is 2.39. The smallest absolute Gasteiger partial charge is 0.292 e. The van der Waals surface area contributed by atoms with Gasteiger partial charge in [-0.25, -0.2) is 0 Å². The first-order valence-electron chi connectivity index (χ1n) is 7.08. The number of nitrogens with one attached hydrogen (secondary N) is 1. The van der Waals surface area contributed by atoms with Crippen LogP contribution in [0.4, 0.5) is 11.4 Å². The van der Waals surface area contributed by atoms with Crippen LogP contribution in [0, 0.1) is 10.1 Å². The zero-order valence-corrected chi connectivity index (χ0v) is 13.1. The van der Waals surface area contributed by atoms with Gasteiger partial charge in [0.15, 0.2) is 0 Å². The second-order valence-corrected chi connectivity index (χ2v) is 5.17. The van der Waals surface area contributed by atoms with Crippen LogP contribution in [0.25, 0.3) is 0 Å². The van der Waals surface area contributed by atoms with Gasteiger partial charge >= 0.3 is 0 Å². The summed E-state index contributed by atoms with van der Waals surface area (Å²) >= 11 is 0. The third-order valence-electron chi connectivity index (χ3n) is 3.65. The van der Waals surface area contributed by atoms with Crippen molar-refractivity contribution in [1.29, 1.82) is 0 Å². The van der Waals surface area contributed by atoms with Crippen molar-refractivity contribution in [3.63, 3.8) is 0 Å². The molecule has 2 rings (SSSR count). The highest BCUT2D eigenvalue weighted by atomic mass is 35.5. The number of hydrogen-bond acceptors (Lipinski definition) is 5. The molecule has 0 radical (unpaired) electrons. The van der Waals surface area contributed by atoms with Crippen molar-refractivity contribution in [2.75, 3.05) is 25.0 Å². The number of anilines is 1. The lowest BCUT2D eigenvalue weighted by Crippen LogP contribution is -2.43. The molecule has 1 aliphatic rings. The minimum Gasteiger partial charge on any atom is -0.379 e. The molecule has 0 saturated carbocycles. The molecule has 0 aromatic heterocycles. The van der Waals surface area contributed by atoms with Crippen LogP contribution >= 0.6 is 12.4 Å². The number of halogens is 1. The number of nitrogens with two attached hydrogens (primary N) is 1. The molecule has 1 fully saturated rings. The van der Waals surface area contributed by atoms with Gasteiger partial charge in [-0.2, -0.15) is 0 Å². The van der Waals surface area contributed by atoms with E-state index in [0.717, 1.165) is 12.8 Å². The highest BCUT2D eigenvalue weighted by Gasteiger charge is 2.20. The number of benzene rings is 1. The predicted molar refractivity (Wildman–Crippen MR) is 87.2 cm³/mol. The van der Waals surface area contributed by atoms with E-state index in [1.54, 1.807) is 18.2 Å². The van der Waals surface area contributed by atoms with Gasteiger partial charge in [0, 0.05) is 38.2 Å². The molecule has 7 nitrogen and oxygen atoms in total. The van der Waals surface area contributed by atoms with Crippen LogP contribution in [0.15, 0.2) is 24.3 Å². The van der Waals surface area contributed by atoms with Gasteiger partial charge in [-0.05, 0) is 18.9 Å². The van der Waals surface area contributed by atoms with E-state index in [1.165, 1.54) is 6.07 Å². The maximum Gasteiger partial charge on any atom is 0.292 e. The number of nitro benzene ring substituents is 1. The predicted octanol–water partition coefficient (Wildman–Crippen LogP) is 1.77. The van der Waals surface area contributed by atoms with Crippen LogP contribution < -0.4 is 11.1 Å². The maximum absolute atomic E-state index is 12.0. The van der Waals surface area contributed by atoms with Gasteiger partial charge in [-0.3, -0.25) is 14.9 Å². The van der Waals surface area contributed by atoms with Crippen molar-refractivity contribution in [2.45, 2.75) is 25.3 Å². The Morgan fingerprint density at radius 3 is 2.64 bits per heavy atom. The SMILES string of the molecule is Cl.NC1CCN(C(=O)CCNc2ccccc2[N+](=O)[O-])CC1. The van der Waals surface area contributed by atoms with E-state index >= 15 is 0 Å². The quantitative estimate of drug-likeness (QED) is 0.633. The molecule has 0 spiro atoms. The number of rotatable bonds is 5. The fourth-order valence-electron chi connectivity index (χ4n) is 2.39. The highest BCUT2D eigenvalue weighted by Crippen LogP contribution is 2.23. The van der Waals surface area contributed by atoms with Crippen molar-refractivity contribution in [2.24, 2.45) is 5.73 Å². The first kappa shape index (κ1) is 18.2. The molecular formula is C14H21ClN4O3. The Morgan fingerprint density at radius 1 is 1.36 bits per heavy atom. The van der Waals surface area contributed by atoms with Crippen molar-refractivity contribution in [3.8, 4) is 0 Å². The van der Waals surface area contributed by atoms with Crippen LogP contribution in [-0.4, -0.2) is 41.4 Å². The molecule has 8 heteroatoms. The molecule has 0 unspecified atom stereocenters. The number of para-hydroxylation sites is 2. The Labute approximate surface area is 135 Å². The summed E-state index contributed by atoms with van der Waals surface area (Å²) in [5.74, 6) is 0.0629. The number of nitrogens with zero attached hydrogens (tertiary/aromatic N) is 2. The summed E-state index contributed by atoms with van der Waals surface area (Å²) in [6, 6.07) is 6.62. The van der Waals surface area contributed by atoms with Crippen molar-refractivity contribution >= 4 is 29.7 Å². The summed E-state index contributed by atoms with van der Waals surface area (Å²) in [5.41, 5.74) is 6.27. The van der Waals surface area contributed by atoms with Gasteiger partial charge in [0.05, 0.1) is 4.92 Å². The molecule has 1 saturated heterocycles. The number of amides is 1.